The van der Waals surface area contributed by atoms with Gasteiger partial charge in [0.2, 0.25) is 0 Å². The average Bonchev–Trinajstić information content (AvgIpc) is 3.22. The van der Waals surface area contributed by atoms with Crippen molar-refractivity contribution in [3.05, 3.63) is 70.8 Å². The number of hydrogen-bond donors (Lipinski definition) is 1. The second-order valence-corrected chi connectivity index (χ2v) is 6.39. The molecular weight excluding hydrogens is 381 g/mol. The van der Waals surface area contributed by atoms with Crippen LogP contribution in [0.2, 0.25) is 5.02 Å². The van der Waals surface area contributed by atoms with E-state index in [0.29, 0.717) is 4.68 Å². The fourth-order valence-corrected chi connectivity index (χ4v) is 3.11. The number of amides is 1. The summed E-state index contributed by atoms with van der Waals surface area (Å²) < 4.78 is 41.5. The summed E-state index contributed by atoms with van der Waals surface area (Å²) in [5, 5.41) is 5.56. The molecule has 5 nitrogen and oxygen atoms in total. The largest absolute Gasteiger partial charge is 0.434 e. The van der Waals surface area contributed by atoms with E-state index >= 15 is 0 Å². The molecule has 1 unspecified atom stereocenters. The number of nitrogens with zero attached hydrogens (tertiary/aromatic N) is 3. The van der Waals surface area contributed by atoms with Crippen LogP contribution in [0.15, 0.2) is 48.8 Å². The number of aromatic nitrogens is 3. The monoisotopic (exact) mass is 396 g/mol. The summed E-state index contributed by atoms with van der Waals surface area (Å²) in [4.78, 5) is 12.4. The van der Waals surface area contributed by atoms with Crippen LogP contribution in [0.1, 0.15) is 34.7 Å². The molecule has 0 saturated carbocycles. The second kappa shape index (κ2) is 7.11. The number of hydrogen-bond acceptors (Lipinski definition) is 2. The minimum atomic E-state index is -4.70. The maximum absolute atomic E-state index is 13.0. The van der Waals surface area contributed by atoms with E-state index in [4.69, 9.17) is 11.6 Å². The Kier molecular flexibility index (Phi) is 5.01. The molecule has 9 heteroatoms. The maximum atomic E-state index is 13.0. The van der Waals surface area contributed by atoms with Gasteiger partial charge >= 0.3 is 6.18 Å². The summed E-state index contributed by atoms with van der Waals surface area (Å²) in [6, 6.07) is 10.8. The van der Waals surface area contributed by atoms with Crippen LogP contribution >= 0.6 is 11.6 Å². The van der Waals surface area contributed by atoms with Crippen LogP contribution in [0.4, 0.5) is 13.2 Å². The lowest BCUT2D eigenvalue weighted by molar-refractivity contribution is -0.143. The standard InChI is InChI=1S/C18H16ClF3N4O/c1-11(12-6-5-7-13(10-12)26-8-3-4-9-26)23-17(27)15-14(19)16(18(20,21)22)25(2)24-15/h3-11H,1-2H3,(H,23,27). The maximum Gasteiger partial charge on any atom is 0.434 e. The first kappa shape index (κ1) is 19.0. The van der Waals surface area contributed by atoms with Crippen molar-refractivity contribution in [2.24, 2.45) is 7.05 Å². The number of nitrogens with one attached hydrogen (secondary N) is 1. The molecule has 0 bridgehead atoms. The lowest BCUT2D eigenvalue weighted by Gasteiger charge is -2.15. The van der Waals surface area contributed by atoms with Gasteiger partial charge in [-0.3, -0.25) is 9.48 Å². The Labute approximate surface area is 158 Å². The van der Waals surface area contributed by atoms with Crippen molar-refractivity contribution in [3.63, 3.8) is 0 Å². The first-order valence-corrected chi connectivity index (χ1v) is 8.40. The van der Waals surface area contributed by atoms with Crippen molar-refractivity contribution >= 4 is 17.5 Å². The Bertz CT molecular complexity index is 964. The summed E-state index contributed by atoms with van der Waals surface area (Å²) in [5.41, 5.74) is 0.0722. The van der Waals surface area contributed by atoms with Crippen LogP contribution in [0.3, 0.4) is 0 Å². The van der Waals surface area contributed by atoms with Crippen LogP contribution in [0.5, 0.6) is 0 Å². The molecule has 1 atom stereocenters. The number of rotatable bonds is 4. The molecule has 3 aromatic rings. The van der Waals surface area contributed by atoms with Crippen molar-refractivity contribution in [1.82, 2.24) is 19.7 Å². The molecule has 27 heavy (non-hydrogen) atoms. The number of carbonyl (C=O) groups excluding carboxylic acids is 1. The van der Waals surface area contributed by atoms with Crippen LogP contribution < -0.4 is 5.32 Å². The molecule has 1 N–H and O–H groups in total. The summed E-state index contributed by atoms with van der Waals surface area (Å²) >= 11 is 5.76. The average molecular weight is 397 g/mol. The normalized spacial score (nSPS) is 12.8. The number of carbonyl (C=O) groups is 1. The number of halogens is 4. The van der Waals surface area contributed by atoms with Crippen LogP contribution in [-0.2, 0) is 13.2 Å². The van der Waals surface area contributed by atoms with Crippen molar-refractivity contribution in [1.29, 1.82) is 0 Å². The van der Waals surface area contributed by atoms with Gasteiger partial charge in [0.15, 0.2) is 11.4 Å². The lowest BCUT2D eigenvalue weighted by atomic mass is 10.1. The topological polar surface area (TPSA) is 51.9 Å². The van der Waals surface area contributed by atoms with Gasteiger partial charge in [-0.2, -0.15) is 18.3 Å². The predicted molar refractivity (Wildman–Crippen MR) is 94.9 cm³/mol. The third kappa shape index (κ3) is 3.85. The molecule has 3 rings (SSSR count). The van der Waals surface area contributed by atoms with Crippen molar-refractivity contribution in [3.8, 4) is 5.69 Å². The minimum absolute atomic E-state index is 0.458. The van der Waals surface area contributed by atoms with E-state index in [1.165, 1.54) is 0 Å². The van der Waals surface area contributed by atoms with Crippen molar-refractivity contribution in [2.45, 2.75) is 19.1 Å². The molecular formula is C18H16ClF3N4O. The van der Waals surface area contributed by atoms with Crippen LogP contribution in [0, 0.1) is 0 Å². The molecule has 2 aromatic heterocycles. The zero-order chi connectivity index (χ0) is 19.8. The summed E-state index contributed by atoms with van der Waals surface area (Å²) in [7, 11) is 1.09. The van der Waals surface area contributed by atoms with Crippen molar-refractivity contribution < 1.29 is 18.0 Å². The summed E-state index contributed by atoms with van der Waals surface area (Å²) in [6.45, 7) is 1.73. The first-order valence-electron chi connectivity index (χ1n) is 8.02. The molecule has 0 radical (unpaired) electrons. The first-order chi connectivity index (χ1) is 12.7. The molecule has 0 saturated heterocycles. The van der Waals surface area contributed by atoms with E-state index < -0.39 is 34.5 Å². The summed E-state index contributed by atoms with van der Waals surface area (Å²) in [6.07, 6.45) is -0.933. The number of aryl methyl sites for hydroxylation is 1. The Morgan fingerprint density at radius 2 is 1.89 bits per heavy atom. The van der Waals surface area contributed by atoms with Gasteiger partial charge in [0, 0.05) is 25.1 Å². The molecule has 0 aliphatic rings. The molecule has 1 amide bonds. The smallest absolute Gasteiger partial charge is 0.344 e. The van der Waals surface area contributed by atoms with Crippen LogP contribution in [0.25, 0.3) is 5.69 Å². The molecule has 0 spiro atoms. The van der Waals surface area contributed by atoms with Gasteiger partial charge in [-0.1, -0.05) is 23.7 Å². The molecule has 1 aromatic carbocycles. The molecule has 0 aliphatic heterocycles. The Balaban J connectivity index is 1.82. The highest BCUT2D eigenvalue weighted by molar-refractivity contribution is 6.34. The van der Waals surface area contributed by atoms with Gasteiger partial charge in [-0.15, -0.1) is 0 Å². The lowest BCUT2D eigenvalue weighted by Crippen LogP contribution is -2.27. The quantitative estimate of drug-likeness (QED) is 0.711. The molecule has 0 aliphatic carbocycles. The summed E-state index contributed by atoms with van der Waals surface area (Å²) in [5.74, 6) is -0.773. The highest BCUT2D eigenvalue weighted by Crippen LogP contribution is 2.36. The van der Waals surface area contributed by atoms with Gasteiger partial charge in [0.25, 0.3) is 5.91 Å². The van der Waals surface area contributed by atoms with Gasteiger partial charge in [-0.05, 0) is 36.8 Å². The highest BCUT2D eigenvalue weighted by Gasteiger charge is 2.40. The van der Waals surface area contributed by atoms with Gasteiger partial charge in [0.05, 0.1) is 6.04 Å². The minimum Gasteiger partial charge on any atom is -0.344 e. The van der Waals surface area contributed by atoms with E-state index in [0.717, 1.165) is 18.3 Å². The van der Waals surface area contributed by atoms with Gasteiger partial charge in [-0.25, -0.2) is 0 Å². The zero-order valence-electron chi connectivity index (χ0n) is 14.5. The zero-order valence-corrected chi connectivity index (χ0v) is 15.2. The van der Waals surface area contributed by atoms with E-state index in [1.54, 1.807) is 6.92 Å². The number of benzene rings is 1. The van der Waals surface area contributed by atoms with Crippen molar-refractivity contribution in [2.75, 3.05) is 0 Å². The van der Waals surface area contributed by atoms with Crippen LogP contribution in [-0.4, -0.2) is 20.3 Å². The van der Waals surface area contributed by atoms with Gasteiger partial charge in [0.1, 0.15) is 5.02 Å². The Morgan fingerprint density at radius 3 is 2.48 bits per heavy atom. The second-order valence-electron chi connectivity index (χ2n) is 6.01. The third-order valence-electron chi connectivity index (χ3n) is 4.09. The van der Waals surface area contributed by atoms with E-state index in [2.05, 4.69) is 10.4 Å². The SMILES string of the molecule is CC(NC(=O)c1nn(C)c(C(F)(F)F)c1Cl)c1cccc(-n2cccc2)c1. The molecule has 0 fully saturated rings. The van der Waals surface area contributed by atoms with E-state index in [1.807, 2.05) is 53.4 Å². The fraction of sp³-hybridized carbons (Fsp3) is 0.222. The predicted octanol–water partition coefficient (Wildman–Crippen LogP) is 4.37. The molecule has 142 valence electrons. The fourth-order valence-electron chi connectivity index (χ4n) is 2.76. The van der Waals surface area contributed by atoms with E-state index in [-0.39, 0.29) is 0 Å². The van der Waals surface area contributed by atoms with E-state index in [9.17, 15) is 18.0 Å². The molecule has 2 heterocycles. The third-order valence-corrected chi connectivity index (χ3v) is 4.45. The number of alkyl halides is 3. The Hall–Kier alpha value is -2.74. The van der Waals surface area contributed by atoms with Gasteiger partial charge < -0.3 is 9.88 Å². The Morgan fingerprint density at radius 1 is 1.22 bits per heavy atom. The highest BCUT2D eigenvalue weighted by atomic mass is 35.5.